The molecule has 3 aromatic rings. The summed E-state index contributed by atoms with van der Waals surface area (Å²) in [4.78, 5) is 4.34. The molecule has 0 unspecified atom stereocenters. The van der Waals surface area contributed by atoms with Crippen molar-refractivity contribution in [1.82, 2.24) is 4.98 Å². The molecule has 1 aromatic heterocycles. The fourth-order valence-electron chi connectivity index (χ4n) is 2.04. The molecule has 0 saturated heterocycles. The number of rotatable bonds is 4. The van der Waals surface area contributed by atoms with Crippen molar-refractivity contribution >= 4 is 36.1 Å². The average molecular weight is 293 g/mol. The van der Waals surface area contributed by atoms with Gasteiger partial charge in [0.15, 0.2) is 0 Å². The van der Waals surface area contributed by atoms with E-state index in [4.69, 9.17) is 16.3 Å². The van der Waals surface area contributed by atoms with Crippen LogP contribution in [0.1, 0.15) is 5.56 Å². The van der Waals surface area contributed by atoms with Crippen molar-refractivity contribution in [1.29, 1.82) is 0 Å². The molecule has 1 heterocycles. The van der Waals surface area contributed by atoms with E-state index in [0.717, 1.165) is 27.2 Å². The van der Waals surface area contributed by atoms with Gasteiger partial charge in [-0.3, -0.25) is 4.98 Å². The van der Waals surface area contributed by atoms with Crippen LogP contribution in [0.25, 0.3) is 17.0 Å². The summed E-state index contributed by atoms with van der Waals surface area (Å²) in [5.74, 6) is 2.58. The first-order chi connectivity index (χ1) is 10.3. The van der Waals surface area contributed by atoms with Crippen LogP contribution in [0.15, 0.2) is 66.8 Å². The Bertz CT molecular complexity index is 783. The van der Waals surface area contributed by atoms with Crippen molar-refractivity contribution < 1.29 is 4.65 Å². The molecule has 0 spiro atoms. The Labute approximate surface area is 129 Å². The van der Waals surface area contributed by atoms with E-state index in [9.17, 15) is 0 Å². The second-order valence-corrected chi connectivity index (χ2v) is 4.94. The van der Waals surface area contributed by atoms with E-state index >= 15 is 0 Å². The highest BCUT2D eigenvalue weighted by Crippen LogP contribution is 2.22. The Hall–Kier alpha value is -2.26. The lowest BCUT2D eigenvalue weighted by Gasteiger charge is -2.05. The van der Waals surface area contributed by atoms with Gasteiger partial charge in [-0.15, -0.1) is 0 Å². The maximum absolute atomic E-state index is 5.94. The van der Waals surface area contributed by atoms with E-state index in [0.29, 0.717) is 0 Å². The fraction of sp³-hybridized carbons (Fsp3) is 0. The molecule has 2 nitrogen and oxygen atoms in total. The van der Waals surface area contributed by atoms with E-state index in [-0.39, 0.29) is 0 Å². The average Bonchev–Trinajstić information content (AvgIpc) is 2.52. The van der Waals surface area contributed by atoms with Gasteiger partial charge in [0.1, 0.15) is 11.3 Å². The van der Waals surface area contributed by atoms with Gasteiger partial charge in [-0.25, -0.2) is 0 Å². The van der Waals surface area contributed by atoms with Gasteiger partial charge in [-0.05, 0) is 29.8 Å². The van der Waals surface area contributed by atoms with Crippen LogP contribution in [0.5, 0.6) is 5.75 Å². The summed E-state index contributed by atoms with van der Waals surface area (Å²) in [6, 6.07) is 17.4. The summed E-state index contributed by atoms with van der Waals surface area (Å²) in [7, 11) is 1.64. The van der Waals surface area contributed by atoms with Crippen LogP contribution in [0, 0.1) is 0 Å². The fourth-order valence-corrected chi connectivity index (χ4v) is 2.24. The quantitative estimate of drug-likeness (QED) is 0.658. The van der Waals surface area contributed by atoms with E-state index in [1.54, 1.807) is 13.7 Å². The van der Waals surface area contributed by atoms with E-state index < -0.39 is 0 Å². The smallest absolute Gasteiger partial charge is 0.401 e. The summed E-state index contributed by atoms with van der Waals surface area (Å²) in [5, 5.41) is 1.78. The highest BCUT2D eigenvalue weighted by Gasteiger charge is 2.01. The molecule has 0 atom stereocenters. The number of para-hydroxylation sites is 1. The second kappa shape index (κ2) is 6.46. The molecule has 2 aromatic carbocycles. The van der Waals surface area contributed by atoms with Gasteiger partial charge in [0.2, 0.25) is 0 Å². The molecule has 101 valence electrons. The van der Waals surface area contributed by atoms with Gasteiger partial charge in [-0.1, -0.05) is 54.0 Å². The standard InChI is InChI=1S/C17H12BClNO/c19-15-7-1-4-13(12-15)9-10-18-21-16-8-2-5-14-6-3-11-20-17(14)16/h1-12H/b10-9+. The Morgan fingerprint density at radius 3 is 2.81 bits per heavy atom. The SMILES string of the molecule is Clc1cccc(/C=C/[B]Oc2cccc3cccnc23)c1. The number of hydrogen-bond acceptors (Lipinski definition) is 2. The number of hydrogen-bond donors (Lipinski definition) is 0. The van der Waals surface area contributed by atoms with Gasteiger partial charge >= 0.3 is 7.48 Å². The van der Waals surface area contributed by atoms with Crippen LogP contribution in [0.2, 0.25) is 5.02 Å². The van der Waals surface area contributed by atoms with Gasteiger partial charge < -0.3 is 4.65 Å². The molecule has 0 N–H and O–H groups in total. The summed E-state index contributed by atoms with van der Waals surface area (Å²) in [6.07, 6.45) is 3.70. The van der Waals surface area contributed by atoms with Gasteiger partial charge in [0.05, 0.1) is 0 Å². The molecule has 0 saturated carbocycles. The highest BCUT2D eigenvalue weighted by atomic mass is 35.5. The first-order valence-electron chi connectivity index (χ1n) is 6.59. The Morgan fingerprint density at radius 2 is 1.90 bits per heavy atom. The number of aromatic nitrogens is 1. The summed E-state index contributed by atoms with van der Waals surface area (Å²) >= 11 is 5.94. The molecule has 0 aliphatic rings. The molecular weight excluding hydrogens is 280 g/mol. The number of nitrogens with zero attached hydrogens (tertiary/aromatic N) is 1. The number of halogens is 1. The molecule has 0 bridgehead atoms. The highest BCUT2D eigenvalue weighted by molar-refractivity contribution is 6.37. The van der Waals surface area contributed by atoms with Crippen LogP contribution in [0.4, 0.5) is 0 Å². The van der Waals surface area contributed by atoms with E-state index in [1.807, 2.05) is 66.6 Å². The van der Waals surface area contributed by atoms with Gasteiger partial charge in [0.25, 0.3) is 0 Å². The first-order valence-corrected chi connectivity index (χ1v) is 6.96. The molecule has 21 heavy (non-hydrogen) atoms. The second-order valence-electron chi connectivity index (χ2n) is 4.50. The topological polar surface area (TPSA) is 22.1 Å². The largest absolute Gasteiger partial charge is 0.557 e. The van der Waals surface area contributed by atoms with Crippen LogP contribution in [-0.2, 0) is 0 Å². The summed E-state index contributed by atoms with van der Waals surface area (Å²) < 4.78 is 5.66. The predicted molar refractivity (Wildman–Crippen MR) is 88.6 cm³/mol. The van der Waals surface area contributed by atoms with Crippen molar-refractivity contribution in [2.45, 2.75) is 0 Å². The molecule has 0 aliphatic carbocycles. The Morgan fingerprint density at radius 1 is 1.05 bits per heavy atom. The molecule has 3 rings (SSSR count). The monoisotopic (exact) mass is 292 g/mol. The van der Waals surface area contributed by atoms with Gasteiger partial charge in [-0.2, -0.15) is 0 Å². The zero-order valence-corrected chi connectivity index (χ0v) is 12.0. The molecule has 4 heteroatoms. The molecule has 1 radical (unpaired) electrons. The zero-order chi connectivity index (χ0) is 14.5. The molecule has 0 aliphatic heterocycles. The van der Waals surface area contributed by atoms with Gasteiger partial charge in [0, 0.05) is 16.6 Å². The lowest BCUT2D eigenvalue weighted by Crippen LogP contribution is -1.99. The number of fused-ring (bicyclic) bond motifs is 1. The third-order valence-corrected chi connectivity index (χ3v) is 3.24. The third-order valence-electron chi connectivity index (χ3n) is 3.01. The summed E-state index contributed by atoms with van der Waals surface area (Å²) in [6.45, 7) is 0. The van der Waals surface area contributed by atoms with Crippen molar-refractivity contribution in [2.75, 3.05) is 0 Å². The van der Waals surface area contributed by atoms with Crippen molar-refractivity contribution in [3.05, 3.63) is 77.4 Å². The minimum atomic E-state index is 0.719. The Kier molecular flexibility index (Phi) is 4.22. The number of pyridine rings is 1. The summed E-state index contributed by atoms with van der Waals surface area (Å²) in [5.41, 5.74) is 1.88. The predicted octanol–water partition coefficient (Wildman–Crippen LogP) is 4.56. The zero-order valence-electron chi connectivity index (χ0n) is 11.2. The normalized spacial score (nSPS) is 10.9. The maximum atomic E-state index is 5.94. The minimum Gasteiger partial charge on any atom is -0.557 e. The van der Waals surface area contributed by atoms with Crippen LogP contribution in [-0.4, -0.2) is 12.5 Å². The Balaban J connectivity index is 1.70. The third kappa shape index (κ3) is 3.44. The van der Waals surface area contributed by atoms with Crippen molar-refractivity contribution in [3.63, 3.8) is 0 Å². The first kappa shape index (κ1) is 13.7. The molecule has 0 fully saturated rings. The van der Waals surface area contributed by atoms with Crippen molar-refractivity contribution in [3.8, 4) is 5.75 Å². The van der Waals surface area contributed by atoms with Crippen molar-refractivity contribution in [2.24, 2.45) is 0 Å². The van der Waals surface area contributed by atoms with E-state index in [2.05, 4.69) is 4.98 Å². The lowest BCUT2D eigenvalue weighted by atomic mass is 9.99. The van der Waals surface area contributed by atoms with Crippen LogP contribution < -0.4 is 4.65 Å². The molecule has 0 amide bonds. The lowest BCUT2D eigenvalue weighted by molar-refractivity contribution is 0.610. The molecular formula is C17H12BClNO. The maximum Gasteiger partial charge on any atom is 0.401 e. The number of benzene rings is 2. The van der Waals surface area contributed by atoms with Crippen LogP contribution in [0.3, 0.4) is 0 Å². The minimum absolute atomic E-state index is 0.719. The van der Waals surface area contributed by atoms with Crippen LogP contribution >= 0.6 is 11.6 Å². The van der Waals surface area contributed by atoms with E-state index in [1.165, 1.54) is 0 Å².